The van der Waals surface area contributed by atoms with Crippen molar-refractivity contribution in [1.29, 1.82) is 0 Å². The first-order valence-corrected chi connectivity index (χ1v) is 8.99. The van der Waals surface area contributed by atoms with Crippen LogP contribution in [-0.4, -0.2) is 42.4 Å². The maximum absolute atomic E-state index is 4.34. The molecule has 3 aromatic rings. The average molecular weight is 353 g/mol. The summed E-state index contributed by atoms with van der Waals surface area (Å²) in [4.78, 5) is 4.28. The Bertz CT molecular complexity index is 908. The lowest BCUT2D eigenvalue weighted by Crippen LogP contribution is -2.37. The molecule has 4 heterocycles. The number of fused-ring (bicyclic) bond motifs is 2. The summed E-state index contributed by atoms with van der Waals surface area (Å²) < 4.78 is 4.19. The van der Waals surface area contributed by atoms with Crippen LogP contribution in [-0.2, 0) is 26.1 Å². The van der Waals surface area contributed by atoms with E-state index in [-0.39, 0.29) is 0 Å². The second-order valence-electron chi connectivity index (χ2n) is 6.32. The lowest BCUT2D eigenvalue weighted by Gasteiger charge is -2.12. The van der Waals surface area contributed by atoms with Gasteiger partial charge in [0.2, 0.25) is 0 Å². The van der Waals surface area contributed by atoms with Gasteiger partial charge in [-0.3, -0.25) is 9.39 Å². The van der Waals surface area contributed by atoms with Gasteiger partial charge in [0.1, 0.15) is 5.82 Å². The first kappa shape index (κ1) is 16.5. The molecule has 0 amide bonds. The Labute approximate surface area is 151 Å². The molecule has 9 nitrogen and oxygen atoms in total. The second-order valence-corrected chi connectivity index (χ2v) is 6.32. The fourth-order valence-electron chi connectivity index (χ4n) is 3.23. The molecule has 26 heavy (non-hydrogen) atoms. The van der Waals surface area contributed by atoms with Crippen LogP contribution >= 0.6 is 0 Å². The molecule has 0 aromatic carbocycles. The van der Waals surface area contributed by atoms with E-state index in [1.54, 1.807) is 7.05 Å². The number of nitrogens with one attached hydrogen (secondary N) is 2. The van der Waals surface area contributed by atoms with Gasteiger partial charge >= 0.3 is 0 Å². The van der Waals surface area contributed by atoms with Crippen LogP contribution in [0, 0.1) is 0 Å². The highest BCUT2D eigenvalue weighted by Gasteiger charge is 2.14. The van der Waals surface area contributed by atoms with Gasteiger partial charge in [0.05, 0.1) is 13.1 Å². The van der Waals surface area contributed by atoms with Gasteiger partial charge in [0, 0.05) is 26.2 Å². The van der Waals surface area contributed by atoms with Gasteiger partial charge in [-0.1, -0.05) is 12.5 Å². The Kier molecular flexibility index (Phi) is 4.76. The summed E-state index contributed by atoms with van der Waals surface area (Å²) >= 11 is 0. The fourth-order valence-corrected chi connectivity index (χ4v) is 3.23. The van der Waals surface area contributed by atoms with Crippen LogP contribution in [0.1, 0.15) is 36.7 Å². The molecule has 0 aliphatic carbocycles. The molecular weight excluding hydrogens is 330 g/mol. The molecule has 0 saturated carbocycles. The molecule has 136 valence electrons. The Morgan fingerprint density at radius 2 is 1.88 bits per heavy atom. The van der Waals surface area contributed by atoms with Crippen LogP contribution in [0.15, 0.2) is 29.4 Å². The van der Waals surface area contributed by atoms with Crippen LogP contribution in [0.5, 0.6) is 0 Å². The lowest BCUT2D eigenvalue weighted by molar-refractivity contribution is 0.596. The van der Waals surface area contributed by atoms with E-state index in [2.05, 4.69) is 40.6 Å². The van der Waals surface area contributed by atoms with E-state index in [0.717, 1.165) is 36.1 Å². The molecule has 0 spiro atoms. The summed E-state index contributed by atoms with van der Waals surface area (Å²) in [5.74, 6) is 3.58. The third-order valence-electron chi connectivity index (χ3n) is 4.62. The molecule has 0 unspecified atom stereocenters. The Morgan fingerprint density at radius 3 is 2.77 bits per heavy atom. The van der Waals surface area contributed by atoms with Crippen LogP contribution in [0.4, 0.5) is 0 Å². The third-order valence-corrected chi connectivity index (χ3v) is 4.62. The second kappa shape index (κ2) is 7.51. The van der Waals surface area contributed by atoms with Crippen molar-refractivity contribution in [3.05, 3.63) is 41.9 Å². The summed E-state index contributed by atoms with van der Waals surface area (Å²) in [7, 11) is 1.75. The fraction of sp³-hybridized carbons (Fsp3) is 0.471. The van der Waals surface area contributed by atoms with Gasteiger partial charge < -0.3 is 15.2 Å². The van der Waals surface area contributed by atoms with E-state index in [9.17, 15) is 0 Å². The van der Waals surface area contributed by atoms with Crippen molar-refractivity contribution >= 4 is 11.6 Å². The van der Waals surface area contributed by atoms with Gasteiger partial charge in [0.25, 0.3) is 0 Å². The average Bonchev–Trinajstić information content (AvgIpc) is 3.18. The van der Waals surface area contributed by atoms with Crippen molar-refractivity contribution in [1.82, 2.24) is 40.0 Å². The number of rotatable bonds is 4. The SMILES string of the molecule is CN=C(NCc1nnc2n1CCCCC2)NCc1nnc2ccccn12. The van der Waals surface area contributed by atoms with E-state index in [1.807, 2.05) is 28.8 Å². The minimum Gasteiger partial charge on any atom is -0.349 e. The maximum atomic E-state index is 4.34. The highest BCUT2D eigenvalue weighted by molar-refractivity contribution is 5.79. The van der Waals surface area contributed by atoms with Gasteiger partial charge in [-0.2, -0.15) is 0 Å². The topological polar surface area (TPSA) is 97.3 Å². The molecule has 4 rings (SSSR count). The van der Waals surface area contributed by atoms with Crippen LogP contribution in [0.2, 0.25) is 0 Å². The number of hydrogen-bond acceptors (Lipinski definition) is 5. The maximum Gasteiger partial charge on any atom is 0.191 e. The monoisotopic (exact) mass is 353 g/mol. The molecule has 0 radical (unpaired) electrons. The van der Waals surface area contributed by atoms with E-state index >= 15 is 0 Å². The number of aliphatic imine (C=N–C) groups is 1. The molecule has 1 aliphatic rings. The van der Waals surface area contributed by atoms with Crippen LogP contribution < -0.4 is 10.6 Å². The summed E-state index contributed by atoms with van der Waals surface area (Å²) in [6.45, 7) is 2.12. The quantitative estimate of drug-likeness (QED) is 0.535. The molecule has 1 aliphatic heterocycles. The highest BCUT2D eigenvalue weighted by Crippen LogP contribution is 2.14. The minimum atomic E-state index is 0.531. The molecule has 2 N–H and O–H groups in total. The number of hydrogen-bond donors (Lipinski definition) is 2. The van der Waals surface area contributed by atoms with Crippen molar-refractivity contribution in [2.75, 3.05) is 7.05 Å². The third kappa shape index (κ3) is 3.37. The van der Waals surface area contributed by atoms with E-state index in [4.69, 9.17) is 0 Å². The molecule has 0 bridgehead atoms. The van der Waals surface area contributed by atoms with Crippen LogP contribution in [0.3, 0.4) is 0 Å². The van der Waals surface area contributed by atoms with Crippen molar-refractivity contribution in [2.45, 2.75) is 45.3 Å². The largest absolute Gasteiger partial charge is 0.349 e. The predicted octanol–water partition coefficient (Wildman–Crippen LogP) is 0.912. The number of aryl methyl sites for hydroxylation is 1. The van der Waals surface area contributed by atoms with Crippen molar-refractivity contribution < 1.29 is 0 Å². The number of nitrogens with zero attached hydrogens (tertiary/aromatic N) is 7. The number of guanidine groups is 1. The molecule has 0 atom stereocenters. The van der Waals surface area contributed by atoms with Gasteiger partial charge in [0.15, 0.2) is 23.3 Å². The zero-order valence-electron chi connectivity index (χ0n) is 14.9. The van der Waals surface area contributed by atoms with Gasteiger partial charge in [-0.05, 0) is 25.0 Å². The first-order chi connectivity index (χ1) is 12.8. The standard InChI is InChI=1S/C17H23N9/c1-18-17(20-12-16-24-22-14-8-4-6-10-26(14)16)19-11-15-23-21-13-7-3-2-5-9-25(13)15/h4,6,8,10H,2-3,5,7,9,11-12H2,1H3,(H2,18,19,20). The molecule has 9 heteroatoms. The van der Waals surface area contributed by atoms with E-state index in [0.29, 0.717) is 19.0 Å². The lowest BCUT2D eigenvalue weighted by atomic mass is 10.2. The van der Waals surface area contributed by atoms with Crippen molar-refractivity contribution in [3.63, 3.8) is 0 Å². The van der Waals surface area contributed by atoms with Crippen molar-refractivity contribution in [2.24, 2.45) is 4.99 Å². The van der Waals surface area contributed by atoms with Gasteiger partial charge in [-0.25, -0.2) is 0 Å². The Hall–Kier alpha value is -2.97. The predicted molar refractivity (Wildman–Crippen MR) is 97.6 cm³/mol. The molecular formula is C17H23N9. The molecule has 0 fully saturated rings. The first-order valence-electron chi connectivity index (χ1n) is 8.99. The number of pyridine rings is 1. The number of aromatic nitrogens is 6. The van der Waals surface area contributed by atoms with Gasteiger partial charge in [-0.15, -0.1) is 20.4 Å². The zero-order chi connectivity index (χ0) is 17.8. The molecule has 0 saturated heterocycles. The highest BCUT2D eigenvalue weighted by atomic mass is 15.3. The normalized spacial score (nSPS) is 14.9. The van der Waals surface area contributed by atoms with Crippen LogP contribution in [0.25, 0.3) is 5.65 Å². The minimum absolute atomic E-state index is 0.531. The summed E-state index contributed by atoms with van der Waals surface area (Å²) in [5.41, 5.74) is 0.832. The van der Waals surface area contributed by atoms with Crippen molar-refractivity contribution in [3.8, 4) is 0 Å². The Balaban J connectivity index is 1.37. The summed E-state index contributed by atoms with van der Waals surface area (Å²) in [6.07, 6.45) is 6.60. The molecule has 3 aromatic heterocycles. The van der Waals surface area contributed by atoms with E-state index in [1.165, 1.54) is 19.3 Å². The van der Waals surface area contributed by atoms with E-state index < -0.39 is 0 Å². The summed E-state index contributed by atoms with van der Waals surface area (Å²) in [6, 6.07) is 5.84. The zero-order valence-corrected chi connectivity index (χ0v) is 14.9. The smallest absolute Gasteiger partial charge is 0.191 e. The summed E-state index contributed by atoms with van der Waals surface area (Å²) in [5, 5.41) is 23.6. The Morgan fingerprint density at radius 1 is 1.04 bits per heavy atom.